The van der Waals surface area contributed by atoms with Crippen LogP contribution in [0.5, 0.6) is 0 Å². The number of halogens is 1. The van der Waals surface area contributed by atoms with E-state index in [1.165, 1.54) is 0 Å². The van der Waals surface area contributed by atoms with Crippen molar-refractivity contribution >= 4 is 29.6 Å². The first kappa shape index (κ1) is 17.9. The number of hydrogen-bond acceptors (Lipinski definition) is 4. The van der Waals surface area contributed by atoms with E-state index in [0.717, 1.165) is 28.4 Å². The van der Waals surface area contributed by atoms with Crippen molar-refractivity contribution in [2.24, 2.45) is 0 Å². The zero-order chi connectivity index (χ0) is 17.4. The van der Waals surface area contributed by atoms with E-state index in [1.54, 1.807) is 10.7 Å². The number of hydrogen-bond donors (Lipinski definition) is 1. The molecule has 3 heterocycles. The van der Waals surface area contributed by atoms with Crippen molar-refractivity contribution in [2.75, 3.05) is 5.32 Å². The molecule has 0 spiro atoms. The highest BCUT2D eigenvalue weighted by Crippen LogP contribution is 2.26. The van der Waals surface area contributed by atoms with E-state index in [2.05, 4.69) is 41.3 Å². The first-order chi connectivity index (χ1) is 12.0. The summed E-state index contributed by atoms with van der Waals surface area (Å²) in [5.41, 5.74) is 3.52. The molecule has 0 unspecified atom stereocenters. The Bertz CT molecular complexity index is 1010. The molecule has 134 valence electrons. The van der Waals surface area contributed by atoms with Gasteiger partial charge < -0.3 is 5.32 Å². The third kappa shape index (κ3) is 3.41. The molecular formula is C19H21ClN6. The number of aromatic nitrogens is 5. The molecule has 6 nitrogen and oxygen atoms in total. The van der Waals surface area contributed by atoms with Gasteiger partial charge in [0.2, 0.25) is 0 Å². The van der Waals surface area contributed by atoms with Crippen LogP contribution in [0.15, 0.2) is 61.1 Å². The fourth-order valence-electron chi connectivity index (χ4n) is 2.66. The highest BCUT2D eigenvalue weighted by molar-refractivity contribution is 5.85. The second kappa shape index (κ2) is 6.80. The van der Waals surface area contributed by atoms with Gasteiger partial charge in [-0.25, -0.2) is 9.50 Å². The third-order valence-electron chi connectivity index (χ3n) is 3.97. The summed E-state index contributed by atoms with van der Waals surface area (Å²) in [6, 6.07) is 14.1. The Labute approximate surface area is 158 Å². The van der Waals surface area contributed by atoms with Crippen LogP contribution in [0.25, 0.3) is 16.9 Å². The van der Waals surface area contributed by atoms with Crippen LogP contribution in [-0.2, 0) is 5.54 Å². The van der Waals surface area contributed by atoms with Crippen molar-refractivity contribution < 1.29 is 0 Å². The van der Waals surface area contributed by atoms with Crippen molar-refractivity contribution in [3.05, 3.63) is 61.1 Å². The summed E-state index contributed by atoms with van der Waals surface area (Å²) in [5, 5.41) is 12.6. The number of fused-ring (bicyclic) bond motifs is 1. The maximum Gasteiger partial charge on any atom is 0.177 e. The number of imidazole rings is 1. The molecule has 0 radical (unpaired) electrons. The van der Waals surface area contributed by atoms with E-state index in [-0.39, 0.29) is 17.9 Å². The zero-order valence-electron chi connectivity index (χ0n) is 14.9. The largest absolute Gasteiger partial charge is 0.336 e. The molecule has 4 aromatic rings. The Morgan fingerprint density at radius 2 is 1.73 bits per heavy atom. The monoisotopic (exact) mass is 368 g/mol. The summed E-state index contributed by atoms with van der Waals surface area (Å²) in [4.78, 5) is 4.41. The lowest BCUT2D eigenvalue weighted by Crippen LogP contribution is -2.22. The fourth-order valence-corrected chi connectivity index (χ4v) is 2.66. The van der Waals surface area contributed by atoms with Crippen molar-refractivity contribution in [3.8, 4) is 11.3 Å². The number of anilines is 2. The maximum absolute atomic E-state index is 4.64. The van der Waals surface area contributed by atoms with Crippen LogP contribution in [-0.4, -0.2) is 24.4 Å². The summed E-state index contributed by atoms with van der Waals surface area (Å²) in [5.74, 6) is 0.782. The summed E-state index contributed by atoms with van der Waals surface area (Å²) in [7, 11) is 0. The molecule has 7 heteroatoms. The van der Waals surface area contributed by atoms with Crippen molar-refractivity contribution in [1.29, 1.82) is 0 Å². The molecule has 0 amide bonds. The highest BCUT2D eigenvalue weighted by Gasteiger charge is 2.15. The lowest BCUT2D eigenvalue weighted by Gasteiger charge is -2.18. The van der Waals surface area contributed by atoms with E-state index in [0.29, 0.717) is 0 Å². The Morgan fingerprint density at radius 1 is 0.962 bits per heavy atom. The molecule has 1 aromatic carbocycles. The number of rotatable bonds is 3. The van der Waals surface area contributed by atoms with Crippen LogP contribution in [0.3, 0.4) is 0 Å². The predicted octanol–water partition coefficient (Wildman–Crippen LogP) is 4.51. The van der Waals surface area contributed by atoms with Gasteiger partial charge in [-0.1, -0.05) is 30.3 Å². The molecule has 0 aliphatic heterocycles. The molecule has 3 aromatic heterocycles. The van der Waals surface area contributed by atoms with Crippen LogP contribution in [0.4, 0.5) is 11.5 Å². The van der Waals surface area contributed by atoms with Gasteiger partial charge in [0.15, 0.2) is 11.5 Å². The molecule has 0 saturated heterocycles. The Kier molecular flexibility index (Phi) is 4.70. The van der Waals surface area contributed by atoms with E-state index >= 15 is 0 Å². The van der Waals surface area contributed by atoms with Gasteiger partial charge in [-0.3, -0.25) is 4.68 Å². The molecule has 0 atom stereocenters. The SMILES string of the molecule is CC(C)(C)n1ccc(Nc2cc(-c3ccccc3)nn3ccnc23)n1.Cl. The molecule has 0 bridgehead atoms. The Balaban J connectivity index is 0.00000196. The molecule has 0 aliphatic rings. The molecule has 0 aliphatic carbocycles. The average Bonchev–Trinajstić information content (AvgIpc) is 3.24. The number of nitrogens with zero attached hydrogens (tertiary/aromatic N) is 5. The van der Waals surface area contributed by atoms with E-state index in [1.807, 2.05) is 59.5 Å². The van der Waals surface area contributed by atoms with Gasteiger partial charge in [-0.2, -0.15) is 10.2 Å². The van der Waals surface area contributed by atoms with Crippen molar-refractivity contribution in [3.63, 3.8) is 0 Å². The first-order valence-electron chi connectivity index (χ1n) is 8.24. The minimum atomic E-state index is -0.0595. The molecule has 0 fully saturated rings. The Morgan fingerprint density at radius 3 is 2.42 bits per heavy atom. The predicted molar refractivity (Wildman–Crippen MR) is 106 cm³/mol. The van der Waals surface area contributed by atoms with Crippen molar-refractivity contribution in [1.82, 2.24) is 24.4 Å². The van der Waals surface area contributed by atoms with Crippen LogP contribution < -0.4 is 5.32 Å². The van der Waals surface area contributed by atoms with Gasteiger partial charge in [0, 0.05) is 30.2 Å². The minimum absolute atomic E-state index is 0. The van der Waals surface area contributed by atoms with Gasteiger partial charge in [-0.05, 0) is 26.8 Å². The van der Waals surface area contributed by atoms with Crippen molar-refractivity contribution in [2.45, 2.75) is 26.3 Å². The quantitative estimate of drug-likeness (QED) is 0.577. The van der Waals surface area contributed by atoms with Gasteiger partial charge in [0.05, 0.1) is 16.9 Å². The summed E-state index contributed by atoms with van der Waals surface area (Å²) < 4.78 is 3.73. The first-order valence-corrected chi connectivity index (χ1v) is 8.24. The van der Waals surface area contributed by atoms with E-state index in [4.69, 9.17) is 0 Å². The van der Waals surface area contributed by atoms with E-state index < -0.39 is 0 Å². The lowest BCUT2D eigenvalue weighted by molar-refractivity contribution is 0.356. The molecule has 1 N–H and O–H groups in total. The molecule has 26 heavy (non-hydrogen) atoms. The van der Waals surface area contributed by atoms with Crippen LogP contribution >= 0.6 is 12.4 Å². The van der Waals surface area contributed by atoms with Crippen LogP contribution in [0.1, 0.15) is 20.8 Å². The number of nitrogens with one attached hydrogen (secondary N) is 1. The van der Waals surface area contributed by atoms with Crippen LogP contribution in [0.2, 0.25) is 0 Å². The smallest absolute Gasteiger partial charge is 0.177 e. The lowest BCUT2D eigenvalue weighted by atomic mass is 10.1. The zero-order valence-corrected chi connectivity index (χ0v) is 15.7. The third-order valence-corrected chi connectivity index (χ3v) is 3.97. The van der Waals surface area contributed by atoms with E-state index in [9.17, 15) is 0 Å². The average molecular weight is 369 g/mol. The minimum Gasteiger partial charge on any atom is -0.336 e. The summed E-state index contributed by atoms with van der Waals surface area (Å²) in [6.07, 6.45) is 5.57. The molecule has 0 saturated carbocycles. The standard InChI is InChI=1S/C19H20N6.ClH/c1-19(2,3)25-11-9-17(23-25)21-16-13-15(14-7-5-4-6-8-14)22-24-12-10-20-18(16)24;/h4-13H,1-3H3,(H,21,23);1H. The van der Waals surface area contributed by atoms with Gasteiger partial charge in [0.1, 0.15) is 0 Å². The van der Waals surface area contributed by atoms with Gasteiger partial charge in [-0.15, -0.1) is 12.4 Å². The second-order valence-corrected chi connectivity index (χ2v) is 6.95. The van der Waals surface area contributed by atoms with Gasteiger partial charge >= 0.3 is 0 Å². The number of benzene rings is 1. The molecule has 4 rings (SSSR count). The van der Waals surface area contributed by atoms with Crippen LogP contribution in [0, 0.1) is 0 Å². The summed E-state index contributed by atoms with van der Waals surface area (Å²) >= 11 is 0. The second-order valence-electron chi connectivity index (χ2n) is 6.95. The maximum atomic E-state index is 4.64. The molecular weight excluding hydrogens is 348 g/mol. The topological polar surface area (TPSA) is 60.0 Å². The fraction of sp³-hybridized carbons (Fsp3) is 0.211. The normalized spacial score (nSPS) is 11.3. The van der Waals surface area contributed by atoms with Gasteiger partial charge in [0.25, 0.3) is 0 Å². The summed E-state index contributed by atoms with van der Waals surface area (Å²) in [6.45, 7) is 6.36. The highest BCUT2D eigenvalue weighted by atomic mass is 35.5. The Hall–Kier alpha value is -2.86.